The molecule has 1 aromatic heterocycles. The highest BCUT2D eigenvalue weighted by molar-refractivity contribution is 5.98. The molecule has 0 amide bonds. The second-order valence-corrected chi connectivity index (χ2v) is 4.87. The Labute approximate surface area is 143 Å². The number of aromatic nitrogens is 3. The largest absolute Gasteiger partial charge is 0.466 e. The van der Waals surface area contributed by atoms with Crippen molar-refractivity contribution in [3.63, 3.8) is 0 Å². The molecule has 1 heterocycles. The van der Waals surface area contributed by atoms with Gasteiger partial charge in [-0.25, -0.2) is 18.7 Å². The third kappa shape index (κ3) is 4.40. The fourth-order valence-corrected chi connectivity index (χ4v) is 1.91. The molecule has 2 aromatic rings. The minimum atomic E-state index is -0.835. The van der Waals surface area contributed by atoms with Crippen LogP contribution in [0.4, 0.5) is 10.1 Å². The van der Waals surface area contributed by atoms with E-state index in [1.54, 1.807) is 12.3 Å². The lowest BCUT2D eigenvalue weighted by Crippen LogP contribution is -2.16. The topological polar surface area (TPSA) is 95.3 Å². The van der Waals surface area contributed by atoms with Crippen molar-refractivity contribution in [3.8, 4) is 5.69 Å². The van der Waals surface area contributed by atoms with Gasteiger partial charge in [0.1, 0.15) is 11.5 Å². The van der Waals surface area contributed by atoms with Crippen LogP contribution in [0.15, 0.2) is 36.2 Å². The molecule has 2 rings (SSSR count). The highest BCUT2D eigenvalue weighted by atomic mass is 19.1. The van der Waals surface area contributed by atoms with E-state index < -0.39 is 17.8 Å². The summed E-state index contributed by atoms with van der Waals surface area (Å²) in [7, 11) is 2.30. The summed E-state index contributed by atoms with van der Waals surface area (Å²) in [6.07, 6.45) is 3.28. The van der Waals surface area contributed by atoms with Gasteiger partial charge in [0.15, 0.2) is 0 Å². The van der Waals surface area contributed by atoms with Crippen LogP contribution in [-0.4, -0.2) is 41.2 Å². The fourth-order valence-electron chi connectivity index (χ4n) is 1.91. The fraction of sp³-hybridized carbons (Fsp3) is 0.250. The number of hydrogen-bond acceptors (Lipinski definition) is 7. The summed E-state index contributed by atoms with van der Waals surface area (Å²) in [6, 6.07) is 4.22. The number of anilines is 1. The first-order valence-electron chi connectivity index (χ1n) is 7.34. The van der Waals surface area contributed by atoms with Crippen LogP contribution in [0.5, 0.6) is 0 Å². The van der Waals surface area contributed by atoms with Gasteiger partial charge in [0.25, 0.3) is 0 Å². The Balaban J connectivity index is 2.28. The maximum Gasteiger partial charge on any atom is 0.354 e. The molecule has 0 unspecified atom stereocenters. The van der Waals surface area contributed by atoms with E-state index in [0.717, 1.165) is 26.0 Å². The van der Waals surface area contributed by atoms with Gasteiger partial charge in [0.2, 0.25) is 0 Å². The molecule has 0 saturated heterocycles. The molecule has 0 aliphatic rings. The molecular weight excluding hydrogens is 331 g/mol. The first-order valence-corrected chi connectivity index (χ1v) is 7.34. The van der Waals surface area contributed by atoms with Crippen LogP contribution < -0.4 is 5.32 Å². The van der Waals surface area contributed by atoms with Gasteiger partial charge in [-0.3, -0.25) is 0 Å². The Morgan fingerprint density at radius 3 is 2.64 bits per heavy atom. The van der Waals surface area contributed by atoms with Gasteiger partial charge in [-0.1, -0.05) is 12.1 Å². The van der Waals surface area contributed by atoms with Crippen molar-refractivity contribution in [2.45, 2.75) is 13.3 Å². The van der Waals surface area contributed by atoms with E-state index in [4.69, 9.17) is 0 Å². The van der Waals surface area contributed by atoms with Gasteiger partial charge in [-0.15, -0.1) is 5.10 Å². The van der Waals surface area contributed by atoms with Crippen molar-refractivity contribution in [1.29, 1.82) is 0 Å². The lowest BCUT2D eigenvalue weighted by atomic mass is 10.2. The summed E-state index contributed by atoms with van der Waals surface area (Å²) < 4.78 is 24.8. The molecule has 0 atom stereocenters. The molecule has 0 aliphatic heterocycles. The summed E-state index contributed by atoms with van der Waals surface area (Å²) >= 11 is 0. The molecule has 25 heavy (non-hydrogen) atoms. The number of rotatable bonds is 6. The summed E-state index contributed by atoms with van der Waals surface area (Å²) in [5.41, 5.74) is 0.971. The van der Waals surface area contributed by atoms with Crippen LogP contribution in [0.25, 0.3) is 5.69 Å². The number of carbonyl (C=O) groups is 2. The molecule has 1 N–H and O–H groups in total. The summed E-state index contributed by atoms with van der Waals surface area (Å²) in [5.74, 6) is -2.26. The maximum absolute atomic E-state index is 14.4. The lowest BCUT2D eigenvalue weighted by molar-refractivity contribution is -0.138. The van der Waals surface area contributed by atoms with Crippen LogP contribution in [0.2, 0.25) is 0 Å². The first-order chi connectivity index (χ1) is 12.0. The molecule has 132 valence electrons. The number of benzene rings is 1. The molecule has 0 aliphatic carbocycles. The van der Waals surface area contributed by atoms with Gasteiger partial charge in [-0.05, 0) is 18.6 Å². The van der Waals surface area contributed by atoms with Gasteiger partial charge in [0, 0.05) is 6.07 Å². The summed E-state index contributed by atoms with van der Waals surface area (Å²) in [6.45, 7) is 1.93. The lowest BCUT2D eigenvalue weighted by Gasteiger charge is -2.11. The molecule has 8 nitrogen and oxygen atoms in total. The van der Waals surface area contributed by atoms with Crippen molar-refractivity contribution in [3.05, 3.63) is 47.7 Å². The van der Waals surface area contributed by atoms with Crippen LogP contribution >= 0.6 is 0 Å². The Bertz CT molecular complexity index is 816. The number of nitrogens with one attached hydrogen (secondary N) is 1. The van der Waals surface area contributed by atoms with Crippen LogP contribution in [-0.2, 0) is 25.5 Å². The van der Waals surface area contributed by atoms with Crippen LogP contribution in [0.1, 0.15) is 12.6 Å². The molecular formula is C16H17FN4O4. The van der Waals surface area contributed by atoms with Crippen LogP contribution in [0, 0.1) is 5.82 Å². The highest BCUT2D eigenvalue weighted by Gasteiger charge is 2.15. The van der Waals surface area contributed by atoms with Gasteiger partial charge >= 0.3 is 11.9 Å². The van der Waals surface area contributed by atoms with Crippen LogP contribution in [0.3, 0.4) is 0 Å². The normalized spacial score (nSPS) is 11.1. The maximum atomic E-state index is 14.4. The van der Waals surface area contributed by atoms with E-state index in [1.165, 1.54) is 16.8 Å². The molecule has 0 radical (unpaired) electrons. The number of ether oxygens (including phenoxy) is 2. The second-order valence-electron chi connectivity index (χ2n) is 4.87. The Morgan fingerprint density at radius 2 is 2.08 bits per heavy atom. The van der Waals surface area contributed by atoms with Gasteiger partial charge in [-0.2, -0.15) is 0 Å². The summed E-state index contributed by atoms with van der Waals surface area (Å²) in [4.78, 5) is 23.0. The van der Waals surface area contributed by atoms with Gasteiger partial charge < -0.3 is 14.8 Å². The number of esters is 2. The van der Waals surface area contributed by atoms with Crippen molar-refractivity contribution in [2.75, 3.05) is 19.5 Å². The molecule has 0 saturated carbocycles. The van der Waals surface area contributed by atoms with Crippen molar-refractivity contribution in [2.24, 2.45) is 0 Å². The molecule has 1 aromatic carbocycles. The smallest absolute Gasteiger partial charge is 0.354 e. The van der Waals surface area contributed by atoms with Crippen molar-refractivity contribution < 1.29 is 23.5 Å². The predicted octanol–water partition coefficient (Wildman–Crippen LogP) is 1.61. The SMILES string of the molecule is CCc1cn(-c2ccc(N/C(=C/C(=O)OC)C(=O)OC)c(F)c2)nn1. The number of aryl methyl sites for hydroxylation is 1. The molecule has 0 spiro atoms. The molecule has 0 bridgehead atoms. The monoisotopic (exact) mass is 348 g/mol. The summed E-state index contributed by atoms with van der Waals surface area (Å²) in [5, 5.41) is 10.4. The average Bonchev–Trinajstić information content (AvgIpc) is 3.10. The van der Waals surface area contributed by atoms with E-state index in [-0.39, 0.29) is 11.4 Å². The molecule has 0 fully saturated rings. The van der Waals surface area contributed by atoms with E-state index >= 15 is 0 Å². The number of carbonyl (C=O) groups excluding carboxylic acids is 2. The molecule has 9 heteroatoms. The first kappa shape index (κ1) is 18.1. The zero-order valence-corrected chi connectivity index (χ0v) is 13.9. The zero-order valence-electron chi connectivity index (χ0n) is 13.9. The Hall–Kier alpha value is -3.23. The second kappa shape index (κ2) is 8.04. The highest BCUT2D eigenvalue weighted by Crippen LogP contribution is 2.20. The van der Waals surface area contributed by atoms with E-state index in [9.17, 15) is 14.0 Å². The number of methoxy groups -OCH3 is 2. The minimum absolute atomic E-state index is 0.0138. The number of nitrogens with zero attached hydrogens (tertiary/aromatic N) is 3. The number of halogens is 1. The van der Waals surface area contributed by atoms with Crippen molar-refractivity contribution in [1.82, 2.24) is 15.0 Å². The predicted molar refractivity (Wildman–Crippen MR) is 86.4 cm³/mol. The van der Waals surface area contributed by atoms with Gasteiger partial charge in [0.05, 0.1) is 43.6 Å². The third-order valence-corrected chi connectivity index (χ3v) is 3.26. The number of hydrogen-bond donors (Lipinski definition) is 1. The van der Waals surface area contributed by atoms with E-state index in [1.807, 2.05) is 6.92 Å². The Morgan fingerprint density at radius 1 is 1.32 bits per heavy atom. The third-order valence-electron chi connectivity index (χ3n) is 3.26. The minimum Gasteiger partial charge on any atom is -0.466 e. The van der Waals surface area contributed by atoms with E-state index in [0.29, 0.717) is 12.1 Å². The van der Waals surface area contributed by atoms with Crippen molar-refractivity contribution >= 4 is 17.6 Å². The van der Waals surface area contributed by atoms with E-state index in [2.05, 4.69) is 25.1 Å². The average molecular weight is 348 g/mol. The quantitative estimate of drug-likeness (QED) is 0.626. The standard InChI is InChI=1S/C16H17FN4O4/c1-4-10-9-21(20-19-10)11-5-6-13(12(17)7-11)18-14(16(23)25-3)8-15(22)24-2/h5-9,18H,4H2,1-3H3/b14-8+. The zero-order chi connectivity index (χ0) is 18.4. The Kier molecular flexibility index (Phi) is 5.83.